The summed E-state index contributed by atoms with van der Waals surface area (Å²) in [4.78, 5) is 38.4. The van der Waals surface area contributed by atoms with E-state index in [9.17, 15) is 14.4 Å². The Morgan fingerprint density at radius 3 is 2.08 bits per heavy atom. The summed E-state index contributed by atoms with van der Waals surface area (Å²) in [5.74, 6) is 0.271. The van der Waals surface area contributed by atoms with Crippen LogP contribution in [0.15, 0.2) is 18.2 Å². The minimum Gasteiger partial charge on any atom is -0.497 e. The zero-order valence-electron chi connectivity index (χ0n) is 15.1. The fourth-order valence-corrected chi connectivity index (χ4v) is 3.77. The second-order valence-electron chi connectivity index (χ2n) is 6.73. The smallest absolute Gasteiger partial charge is 0.233 e. The Hall–Kier alpha value is -2.57. The van der Waals surface area contributed by atoms with Gasteiger partial charge < -0.3 is 14.8 Å². The second-order valence-corrected chi connectivity index (χ2v) is 6.73. The van der Waals surface area contributed by atoms with Crippen LogP contribution in [0.5, 0.6) is 11.5 Å². The van der Waals surface area contributed by atoms with Gasteiger partial charge in [-0.15, -0.1) is 0 Å². The summed E-state index contributed by atoms with van der Waals surface area (Å²) in [6, 6.07) is 5.07. The van der Waals surface area contributed by atoms with Gasteiger partial charge in [-0.25, -0.2) is 0 Å². The Labute approximate surface area is 152 Å². The van der Waals surface area contributed by atoms with Gasteiger partial charge in [0.05, 0.1) is 26.1 Å². The van der Waals surface area contributed by atoms with Crippen molar-refractivity contribution in [2.24, 2.45) is 11.8 Å². The van der Waals surface area contributed by atoms with E-state index in [1.165, 1.54) is 19.1 Å². The van der Waals surface area contributed by atoms with Gasteiger partial charge in [-0.3, -0.25) is 19.3 Å². The zero-order valence-corrected chi connectivity index (χ0v) is 15.1. The number of imide groups is 1. The predicted molar refractivity (Wildman–Crippen MR) is 95.0 cm³/mol. The van der Waals surface area contributed by atoms with E-state index < -0.39 is 0 Å². The molecule has 3 rings (SSSR count). The van der Waals surface area contributed by atoms with Crippen LogP contribution in [0.25, 0.3) is 0 Å². The summed E-state index contributed by atoms with van der Waals surface area (Å²) in [5, 5.41) is 2.76. The van der Waals surface area contributed by atoms with Gasteiger partial charge in [0.15, 0.2) is 0 Å². The van der Waals surface area contributed by atoms with Crippen LogP contribution >= 0.6 is 0 Å². The molecule has 2 aliphatic rings. The number of hydrogen-bond donors (Lipinski definition) is 1. The third-order valence-corrected chi connectivity index (χ3v) is 5.13. The summed E-state index contributed by atoms with van der Waals surface area (Å²) in [7, 11) is 3.06. The highest BCUT2D eigenvalue weighted by atomic mass is 16.5. The van der Waals surface area contributed by atoms with Gasteiger partial charge in [0.1, 0.15) is 11.5 Å². The van der Waals surface area contributed by atoms with Crippen molar-refractivity contribution in [3.8, 4) is 11.5 Å². The van der Waals surface area contributed by atoms with Crippen LogP contribution in [0.2, 0.25) is 0 Å². The molecule has 26 heavy (non-hydrogen) atoms. The molecule has 1 aromatic rings. The third kappa shape index (κ3) is 3.66. The number of nitrogens with one attached hydrogen (secondary N) is 1. The number of amides is 3. The average molecular weight is 360 g/mol. The lowest BCUT2D eigenvalue weighted by molar-refractivity contribution is -0.140. The van der Waals surface area contributed by atoms with Gasteiger partial charge >= 0.3 is 0 Å². The Morgan fingerprint density at radius 2 is 1.58 bits per heavy atom. The molecule has 0 bridgehead atoms. The quantitative estimate of drug-likeness (QED) is 0.786. The summed E-state index contributed by atoms with van der Waals surface area (Å²) < 4.78 is 10.3. The highest BCUT2D eigenvalue weighted by molar-refractivity contribution is 6.05. The van der Waals surface area contributed by atoms with E-state index in [-0.39, 0.29) is 42.5 Å². The molecule has 1 aliphatic carbocycles. The van der Waals surface area contributed by atoms with Crippen molar-refractivity contribution in [3.05, 3.63) is 18.2 Å². The Morgan fingerprint density at radius 1 is 1.04 bits per heavy atom. The minimum absolute atomic E-state index is 0.0659. The zero-order chi connectivity index (χ0) is 18.7. The van der Waals surface area contributed by atoms with Gasteiger partial charge in [0.25, 0.3) is 0 Å². The van der Waals surface area contributed by atoms with Crippen LogP contribution in [0, 0.1) is 11.8 Å². The van der Waals surface area contributed by atoms with Gasteiger partial charge in [0.2, 0.25) is 17.7 Å². The lowest BCUT2D eigenvalue weighted by Gasteiger charge is -2.19. The number of benzene rings is 1. The van der Waals surface area contributed by atoms with E-state index >= 15 is 0 Å². The number of anilines is 1. The van der Waals surface area contributed by atoms with Crippen LogP contribution < -0.4 is 14.8 Å². The fraction of sp³-hybridized carbons (Fsp3) is 0.526. The van der Waals surface area contributed by atoms with Crippen LogP contribution in [-0.4, -0.2) is 43.4 Å². The molecule has 0 unspecified atom stereocenters. The normalized spacial score (nSPS) is 22.2. The molecular formula is C19H24N2O5. The van der Waals surface area contributed by atoms with Crippen LogP contribution in [-0.2, 0) is 14.4 Å². The van der Waals surface area contributed by atoms with Gasteiger partial charge in [-0.2, -0.15) is 0 Å². The first kappa shape index (κ1) is 18.2. The van der Waals surface area contributed by atoms with E-state index in [1.807, 2.05) is 0 Å². The first-order chi connectivity index (χ1) is 12.5. The SMILES string of the molecule is COc1cc(NC(=O)CCN2C(=O)[C@H]3CCCC[C@@H]3C2=O)cc(OC)c1. The van der Waals surface area contributed by atoms with Crippen LogP contribution in [0.3, 0.4) is 0 Å². The first-order valence-electron chi connectivity index (χ1n) is 8.91. The monoisotopic (exact) mass is 360 g/mol. The predicted octanol–water partition coefficient (Wildman–Crippen LogP) is 2.21. The van der Waals surface area contributed by atoms with Crippen molar-refractivity contribution < 1.29 is 23.9 Å². The fourth-order valence-electron chi connectivity index (χ4n) is 3.77. The molecule has 2 fully saturated rings. The lowest BCUT2D eigenvalue weighted by atomic mass is 9.81. The first-order valence-corrected chi connectivity index (χ1v) is 8.91. The van der Waals surface area contributed by atoms with E-state index in [0.29, 0.717) is 17.2 Å². The number of likely N-dealkylation sites (tertiary alicyclic amines) is 1. The van der Waals surface area contributed by atoms with Crippen molar-refractivity contribution in [1.29, 1.82) is 0 Å². The standard InChI is InChI=1S/C19H24N2O5/c1-25-13-9-12(10-14(11-13)26-2)20-17(22)7-8-21-18(23)15-5-3-4-6-16(15)19(21)24/h9-11,15-16H,3-8H2,1-2H3,(H,20,22)/t15-,16-/m0/s1. The molecule has 140 valence electrons. The topological polar surface area (TPSA) is 84.9 Å². The molecule has 2 atom stereocenters. The largest absolute Gasteiger partial charge is 0.497 e. The number of ether oxygens (including phenoxy) is 2. The van der Waals surface area contributed by atoms with Crippen molar-refractivity contribution in [2.45, 2.75) is 32.1 Å². The molecule has 7 heteroatoms. The highest BCUT2D eigenvalue weighted by Gasteiger charge is 2.47. The van der Waals surface area contributed by atoms with Crippen LogP contribution in [0.4, 0.5) is 5.69 Å². The lowest BCUT2D eigenvalue weighted by Crippen LogP contribution is -2.34. The minimum atomic E-state index is -0.268. The van der Waals surface area contributed by atoms with E-state index in [0.717, 1.165) is 25.7 Å². The molecule has 1 saturated carbocycles. The van der Waals surface area contributed by atoms with Crippen molar-refractivity contribution in [2.75, 3.05) is 26.1 Å². The van der Waals surface area contributed by atoms with Gasteiger partial charge in [-0.1, -0.05) is 12.8 Å². The number of hydrogen-bond acceptors (Lipinski definition) is 5. The number of rotatable bonds is 6. The maximum atomic E-state index is 12.4. The number of methoxy groups -OCH3 is 2. The molecule has 0 radical (unpaired) electrons. The van der Waals surface area contributed by atoms with Gasteiger partial charge in [0, 0.05) is 36.9 Å². The van der Waals surface area contributed by atoms with Crippen molar-refractivity contribution in [3.63, 3.8) is 0 Å². The van der Waals surface area contributed by atoms with Crippen molar-refractivity contribution in [1.82, 2.24) is 4.90 Å². The molecule has 1 heterocycles. The van der Waals surface area contributed by atoms with Crippen molar-refractivity contribution >= 4 is 23.4 Å². The number of carbonyl (C=O) groups excluding carboxylic acids is 3. The highest BCUT2D eigenvalue weighted by Crippen LogP contribution is 2.38. The molecule has 1 N–H and O–H groups in total. The molecule has 1 aromatic carbocycles. The summed E-state index contributed by atoms with van der Waals surface area (Å²) in [5.41, 5.74) is 0.541. The Balaban J connectivity index is 1.59. The maximum Gasteiger partial charge on any atom is 0.233 e. The van der Waals surface area contributed by atoms with E-state index in [4.69, 9.17) is 9.47 Å². The number of nitrogens with zero attached hydrogens (tertiary/aromatic N) is 1. The summed E-state index contributed by atoms with van der Waals surface area (Å²) in [6.07, 6.45) is 3.61. The summed E-state index contributed by atoms with van der Waals surface area (Å²) >= 11 is 0. The molecular weight excluding hydrogens is 336 g/mol. The molecule has 0 aromatic heterocycles. The molecule has 3 amide bonds. The maximum absolute atomic E-state index is 12.4. The summed E-state index contributed by atoms with van der Waals surface area (Å²) in [6.45, 7) is 0.123. The Bertz CT molecular complexity index is 672. The molecule has 1 saturated heterocycles. The second kappa shape index (κ2) is 7.76. The van der Waals surface area contributed by atoms with Gasteiger partial charge in [-0.05, 0) is 12.8 Å². The third-order valence-electron chi connectivity index (χ3n) is 5.13. The van der Waals surface area contributed by atoms with Crippen LogP contribution in [0.1, 0.15) is 32.1 Å². The molecule has 7 nitrogen and oxygen atoms in total. The van der Waals surface area contributed by atoms with E-state index in [1.54, 1.807) is 18.2 Å². The number of fused-ring (bicyclic) bond motifs is 1. The Kier molecular flexibility index (Phi) is 5.44. The molecule has 1 aliphatic heterocycles. The number of carbonyl (C=O) groups is 3. The molecule has 0 spiro atoms. The average Bonchev–Trinajstić information content (AvgIpc) is 2.90. The van der Waals surface area contributed by atoms with E-state index in [2.05, 4.69) is 5.32 Å².